The summed E-state index contributed by atoms with van der Waals surface area (Å²) < 4.78 is 13.4. The molecule has 2 amide bonds. The van der Waals surface area contributed by atoms with Crippen LogP contribution in [0.3, 0.4) is 0 Å². The molecule has 1 fully saturated rings. The first-order valence-electron chi connectivity index (χ1n) is 7.91. The second-order valence-corrected chi connectivity index (χ2v) is 6.12. The fraction of sp³-hybridized carbons (Fsp3) is 0.263. The zero-order valence-corrected chi connectivity index (χ0v) is 13.7. The number of carbonyl (C=O) groups excluding carboxylic acids is 2. The van der Waals surface area contributed by atoms with E-state index in [2.05, 4.69) is 5.32 Å². The maximum absolute atomic E-state index is 13.4. The number of hydrogen-bond donors (Lipinski definition) is 1. The van der Waals surface area contributed by atoms with Crippen molar-refractivity contribution in [1.29, 1.82) is 0 Å². The van der Waals surface area contributed by atoms with Gasteiger partial charge in [-0.2, -0.15) is 0 Å². The van der Waals surface area contributed by atoms with Crippen molar-refractivity contribution in [2.24, 2.45) is 5.92 Å². The van der Waals surface area contributed by atoms with Crippen LogP contribution in [-0.4, -0.2) is 18.4 Å². The minimum absolute atomic E-state index is 0.244. The van der Waals surface area contributed by atoms with E-state index in [9.17, 15) is 14.0 Å². The molecule has 4 nitrogen and oxygen atoms in total. The van der Waals surface area contributed by atoms with Crippen LogP contribution in [0.5, 0.6) is 0 Å². The fourth-order valence-corrected chi connectivity index (χ4v) is 2.93. The molecule has 1 aliphatic heterocycles. The molecule has 0 spiro atoms. The standard InChI is InChI=1S/C19H19FN2O2/c1-12-4-3-5-14(10-12)21-18(23)16-8-9-22(19(16)24)15-6-7-17(20)13(2)11-15/h3-7,10-11,16H,8-9H2,1-2H3,(H,21,23)/t16-/m0/s1. The highest BCUT2D eigenvalue weighted by atomic mass is 19.1. The molecule has 5 heteroatoms. The number of halogens is 1. The van der Waals surface area contributed by atoms with Crippen LogP contribution in [0.15, 0.2) is 42.5 Å². The Bertz CT molecular complexity index is 804. The van der Waals surface area contributed by atoms with E-state index in [0.717, 1.165) is 5.56 Å². The molecule has 1 atom stereocenters. The number of anilines is 2. The van der Waals surface area contributed by atoms with Gasteiger partial charge in [0, 0.05) is 17.9 Å². The van der Waals surface area contributed by atoms with Gasteiger partial charge in [0.25, 0.3) is 0 Å². The molecule has 24 heavy (non-hydrogen) atoms. The zero-order chi connectivity index (χ0) is 17.3. The molecule has 1 heterocycles. The molecule has 0 bridgehead atoms. The summed E-state index contributed by atoms with van der Waals surface area (Å²) in [4.78, 5) is 26.5. The molecule has 2 aromatic rings. The van der Waals surface area contributed by atoms with Crippen molar-refractivity contribution in [1.82, 2.24) is 0 Å². The Morgan fingerprint density at radius 2 is 2.00 bits per heavy atom. The van der Waals surface area contributed by atoms with Gasteiger partial charge in [0.1, 0.15) is 11.7 Å². The van der Waals surface area contributed by atoms with Gasteiger partial charge in [-0.3, -0.25) is 9.59 Å². The Morgan fingerprint density at radius 3 is 2.71 bits per heavy atom. The lowest BCUT2D eigenvalue weighted by molar-refractivity contribution is -0.129. The number of nitrogens with one attached hydrogen (secondary N) is 1. The Kier molecular flexibility index (Phi) is 4.34. The minimum atomic E-state index is -0.712. The summed E-state index contributed by atoms with van der Waals surface area (Å²) in [7, 11) is 0. The largest absolute Gasteiger partial charge is 0.325 e. The average molecular weight is 326 g/mol. The van der Waals surface area contributed by atoms with E-state index in [1.54, 1.807) is 30.0 Å². The summed E-state index contributed by atoms with van der Waals surface area (Å²) in [6.07, 6.45) is 0.451. The first-order valence-corrected chi connectivity index (χ1v) is 7.91. The van der Waals surface area contributed by atoms with E-state index in [4.69, 9.17) is 0 Å². The number of carbonyl (C=O) groups is 2. The zero-order valence-electron chi connectivity index (χ0n) is 13.7. The monoisotopic (exact) mass is 326 g/mol. The van der Waals surface area contributed by atoms with Gasteiger partial charge >= 0.3 is 0 Å². The van der Waals surface area contributed by atoms with Gasteiger partial charge in [-0.1, -0.05) is 12.1 Å². The number of rotatable bonds is 3. The van der Waals surface area contributed by atoms with Crippen LogP contribution in [0.4, 0.5) is 15.8 Å². The third-order valence-electron chi connectivity index (χ3n) is 4.26. The van der Waals surface area contributed by atoms with Gasteiger partial charge in [-0.25, -0.2) is 4.39 Å². The SMILES string of the molecule is Cc1cccc(NC(=O)[C@@H]2CCN(c3ccc(F)c(C)c3)C2=O)c1. The van der Waals surface area contributed by atoms with E-state index in [-0.39, 0.29) is 17.6 Å². The van der Waals surface area contributed by atoms with Gasteiger partial charge in [-0.05, 0) is 61.7 Å². The Balaban J connectivity index is 1.73. The highest BCUT2D eigenvalue weighted by Crippen LogP contribution is 2.27. The van der Waals surface area contributed by atoms with Crippen LogP contribution in [0, 0.1) is 25.6 Å². The molecule has 1 saturated heterocycles. The van der Waals surface area contributed by atoms with Crippen LogP contribution in [-0.2, 0) is 9.59 Å². The number of benzene rings is 2. The third-order valence-corrected chi connectivity index (χ3v) is 4.26. The Hall–Kier alpha value is -2.69. The van der Waals surface area contributed by atoms with Crippen molar-refractivity contribution >= 4 is 23.2 Å². The number of aryl methyl sites for hydroxylation is 2. The number of nitrogens with zero attached hydrogens (tertiary/aromatic N) is 1. The van der Waals surface area contributed by atoms with Crippen LogP contribution in [0.1, 0.15) is 17.5 Å². The molecule has 3 rings (SSSR count). The predicted octanol–water partition coefficient (Wildman–Crippen LogP) is 3.43. The molecule has 124 valence electrons. The van der Waals surface area contributed by atoms with Crippen molar-refractivity contribution in [3.8, 4) is 0 Å². The summed E-state index contributed by atoms with van der Waals surface area (Å²) in [5.41, 5.74) is 2.83. The molecule has 2 aromatic carbocycles. The summed E-state index contributed by atoms with van der Waals surface area (Å²) in [6.45, 7) is 4.05. The van der Waals surface area contributed by atoms with Gasteiger partial charge in [0.05, 0.1) is 0 Å². The Morgan fingerprint density at radius 1 is 1.21 bits per heavy atom. The normalized spacial score (nSPS) is 17.2. The molecule has 1 aliphatic rings. The number of amides is 2. The van der Waals surface area contributed by atoms with Crippen molar-refractivity contribution in [2.75, 3.05) is 16.8 Å². The highest BCUT2D eigenvalue weighted by Gasteiger charge is 2.37. The second kappa shape index (κ2) is 6.43. The molecular formula is C19H19FN2O2. The van der Waals surface area contributed by atoms with Crippen LogP contribution < -0.4 is 10.2 Å². The minimum Gasteiger partial charge on any atom is -0.325 e. The quantitative estimate of drug-likeness (QED) is 0.879. The van der Waals surface area contributed by atoms with Crippen molar-refractivity contribution in [3.63, 3.8) is 0 Å². The lowest BCUT2D eigenvalue weighted by atomic mass is 10.1. The summed E-state index contributed by atoms with van der Waals surface area (Å²) >= 11 is 0. The van der Waals surface area contributed by atoms with Gasteiger partial charge < -0.3 is 10.2 Å². The van der Waals surface area contributed by atoms with E-state index in [0.29, 0.717) is 29.9 Å². The van der Waals surface area contributed by atoms with E-state index in [1.807, 2.05) is 25.1 Å². The van der Waals surface area contributed by atoms with Crippen molar-refractivity contribution < 1.29 is 14.0 Å². The molecule has 0 aliphatic carbocycles. The fourth-order valence-electron chi connectivity index (χ4n) is 2.93. The van der Waals surface area contributed by atoms with Gasteiger partial charge in [-0.15, -0.1) is 0 Å². The summed E-state index contributed by atoms with van der Waals surface area (Å²) in [6, 6.07) is 12.0. The second-order valence-electron chi connectivity index (χ2n) is 6.12. The molecule has 0 saturated carbocycles. The first kappa shape index (κ1) is 16.2. The van der Waals surface area contributed by atoms with E-state index < -0.39 is 5.92 Å². The smallest absolute Gasteiger partial charge is 0.239 e. The summed E-state index contributed by atoms with van der Waals surface area (Å²) in [5.74, 6) is -1.56. The average Bonchev–Trinajstić information content (AvgIpc) is 2.92. The van der Waals surface area contributed by atoms with Crippen LogP contribution >= 0.6 is 0 Å². The molecule has 0 radical (unpaired) electrons. The summed E-state index contributed by atoms with van der Waals surface area (Å²) in [5, 5.41) is 2.80. The maximum atomic E-state index is 13.4. The van der Waals surface area contributed by atoms with E-state index >= 15 is 0 Å². The van der Waals surface area contributed by atoms with Gasteiger partial charge in [0.15, 0.2) is 0 Å². The molecular weight excluding hydrogens is 307 g/mol. The van der Waals surface area contributed by atoms with Crippen LogP contribution in [0.25, 0.3) is 0 Å². The van der Waals surface area contributed by atoms with Crippen molar-refractivity contribution in [2.45, 2.75) is 20.3 Å². The Labute approximate surface area is 140 Å². The lowest BCUT2D eigenvalue weighted by Crippen LogP contribution is -2.33. The van der Waals surface area contributed by atoms with Crippen LogP contribution in [0.2, 0.25) is 0 Å². The molecule has 0 unspecified atom stereocenters. The predicted molar refractivity (Wildman–Crippen MR) is 91.4 cm³/mol. The van der Waals surface area contributed by atoms with E-state index in [1.165, 1.54) is 6.07 Å². The molecule has 1 N–H and O–H groups in total. The lowest BCUT2D eigenvalue weighted by Gasteiger charge is -2.17. The van der Waals surface area contributed by atoms with Crippen molar-refractivity contribution in [3.05, 3.63) is 59.4 Å². The topological polar surface area (TPSA) is 49.4 Å². The highest BCUT2D eigenvalue weighted by molar-refractivity contribution is 6.13. The number of hydrogen-bond acceptors (Lipinski definition) is 2. The maximum Gasteiger partial charge on any atom is 0.239 e. The molecule has 0 aromatic heterocycles. The first-order chi connectivity index (χ1) is 11.5. The van der Waals surface area contributed by atoms with Gasteiger partial charge in [0.2, 0.25) is 11.8 Å². The third kappa shape index (κ3) is 3.15.